The van der Waals surface area contributed by atoms with Gasteiger partial charge in [0.05, 0.1) is 18.4 Å². The van der Waals surface area contributed by atoms with E-state index in [2.05, 4.69) is 0 Å². The molecule has 3 unspecified atom stereocenters. The van der Waals surface area contributed by atoms with E-state index in [1.165, 1.54) is 0 Å². The highest BCUT2D eigenvalue weighted by Gasteiger charge is 2.23. The van der Waals surface area contributed by atoms with Crippen LogP contribution in [0.3, 0.4) is 0 Å². The minimum Gasteiger partial charge on any atom is -0.465 e. The topological polar surface area (TPSA) is 72.5 Å². The van der Waals surface area contributed by atoms with Gasteiger partial charge in [0.25, 0.3) is 0 Å². The maximum absolute atomic E-state index is 11.3. The fraction of sp³-hybridized carbons (Fsp3) is 0.900. The lowest BCUT2D eigenvalue weighted by Crippen LogP contribution is -2.28. The molecule has 0 aliphatic carbocycles. The second-order valence-corrected chi connectivity index (χ2v) is 5.91. The Hall–Kier alpha value is -0.180. The normalized spacial score (nSPS) is 16.7. The van der Waals surface area contributed by atoms with Crippen molar-refractivity contribution in [3.05, 3.63) is 0 Å². The quantitative estimate of drug-likeness (QED) is 0.537. The van der Waals surface area contributed by atoms with Crippen LogP contribution in [0.5, 0.6) is 0 Å². The van der Waals surface area contributed by atoms with Gasteiger partial charge < -0.3 is 15.3 Å². The molecule has 15 heavy (non-hydrogen) atoms. The lowest BCUT2D eigenvalue weighted by Gasteiger charge is -2.26. The average molecular weight is 235 g/mol. The molecule has 0 aromatic carbocycles. The van der Waals surface area contributed by atoms with Crippen molar-refractivity contribution in [1.82, 2.24) is 0 Å². The van der Waals surface area contributed by atoms with E-state index >= 15 is 0 Å². The van der Waals surface area contributed by atoms with Gasteiger partial charge >= 0.3 is 5.97 Å². The summed E-state index contributed by atoms with van der Waals surface area (Å²) < 4.78 is 5.14. The van der Waals surface area contributed by atoms with Gasteiger partial charge in [0.2, 0.25) is 0 Å². The summed E-state index contributed by atoms with van der Waals surface area (Å²) in [6, 6.07) is 0. The first kappa shape index (κ1) is 14.8. The summed E-state index contributed by atoms with van der Waals surface area (Å²) in [5.74, 6) is -0.255. The Morgan fingerprint density at radius 1 is 1.53 bits per heavy atom. The first-order chi connectivity index (χ1) is 6.78. The molecule has 3 N–H and O–H groups in total. The molecule has 5 heteroatoms. The molecule has 0 aromatic rings. The van der Waals surface area contributed by atoms with E-state index in [4.69, 9.17) is 10.2 Å². The minimum atomic E-state index is -0.382. The van der Waals surface area contributed by atoms with Gasteiger partial charge in [-0.3, -0.25) is 4.79 Å². The largest absolute Gasteiger partial charge is 0.465 e. The molecule has 90 valence electrons. The van der Waals surface area contributed by atoms with Crippen LogP contribution in [0.25, 0.3) is 0 Å². The van der Waals surface area contributed by atoms with Crippen molar-refractivity contribution in [2.75, 3.05) is 6.61 Å². The smallest absolute Gasteiger partial charge is 0.314 e. The monoisotopic (exact) mass is 235 g/mol. The van der Waals surface area contributed by atoms with E-state index in [0.717, 1.165) is 0 Å². The molecule has 0 bridgehead atoms. The lowest BCUT2D eigenvalue weighted by atomic mass is 9.88. The van der Waals surface area contributed by atoms with Crippen LogP contribution in [0.1, 0.15) is 34.1 Å². The number of aliphatic hydroxyl groups excluding tert-OH is 1. The summed E-state index contributed by atoms with van der Waals surface area (Å²) in [5.41, 5.74) is 4.96. The summed E-state index contributed by atoms with van der Waals surface area (Å²) in [6.07, 6.45) is 0.229. The molecule has 0 aliphatic rings. The summed E-state index contributed by atoms with van der Waals surface area (Å²) in [5, 5.41) is 9.25. The van der Waals surface area contributed by atoms with E-state index in [1.807, 2.05) is 13.8 Å². The first-order valence-electron chi connectivity index (χ1n) is 5.09. The van der Waals surface area contributed by atoms with E-state index in [1.54, 1.807) is 13.8 Å². The predicted octanol–water partition coefficient (Wildman–Crippen LogP) is 1.27. The molecule has 0 amide bonds. The summed E-state index contributed by atoms with van der Waals surface area (Å²) in [7, 11) is 0.0772. The zero-order valence-corrected chi connectivity index (χ0v) is 10.9. The van der Waals surface area contributed by atoms with E-state index in [0.29, 0.717) is 13.0 Å². The van der Waals surface area contributed by atoms with E-state index < -0.39 is 0 Å². The highest BCUT2D eigenvalue weighted by atomic mass is 31.1. The van der Waals surface area contributed by atoms with Gasteiger partial charge in [0.15, 0.2) is 0 Å². The third kappa shape index (κ3) is 6.82. The molecule has 0 radical (unpaired) electrons. The number of carbonyl (C=O) groups excluding carboxylic acids is 1. The fourth-order valence-corrected chi connectivity index (χ4v) is 1.54. The third-order valence-electron chi connectivity index (χ3n) is 2.06. The molecule has 0 aromatic heterocycles. The van der Waals surface area contributed by atoms with Crippen LogP contribution in [0, 0.1) is 5.41 Å². The number of esters is 1. The average Bonchev–Trinajstić information content (AvgIpc) is 2.11. The van der Waals surface area contributed by atoms with Crippen LogP contribution in [-0.2, 0) is 9.53 Å². The van der Waals surface area contributed by atoms with Gasteiger partial charge in [0, 0.05) is 5.41 Å². The van der Waals surface area contributed by atoms with Crippen LogP contribution < -0.4 is 5.50 Å². The van der Waals surface area contributed by atoms with Crippen molar-refractivity contribution in [2.24, 2.45) is 10.9 Å². The second kappa shape index (κ2) is 6.41. The highest BCUT2D eigenvalue weighted by Crippen LogP contribution is 2.23. The van der Waals surface area contributed by atoms with Crippen molar-refractivity contribution >= 4 is 14.7 Å². The molecule has 0 rings (SSSR count). The van der Waals surface area contributed by atoms with Crippen molar-refractivity contribution in [2.45, 2.75) is 45.9 Å². The summed E-state index contributed by atoms with van der Waals surface area (Å²) in [4.78, 5) is 11.3. The van der Waals surface area contributed by atoms with Crippen LogP contribution in [0.4, 0.5) is 0 Å². The van der Waals surface area contributed by atoms with Crippen molar-refractivity contribution in [3.8, 4) is 0 Å². The maximum Gasteiger partial charge on any atom is 0.314 e. The predicted molar refractivity (Wildman–Crippen MR) is 63.0 cm³/mol. The number of ether oxygens (including phenoxy) is 1. The zero-order valence-electron chi connectivity index (χ0n) is 9.91. The molecule has 3 atom stereocenters. The molecule has 0 aliphatic heterocycles. The number of nitrogens with two attached hydrogens (primary N) is 1. The van der Waals surface area contributed by atoms with Crippen LogP contribution in [-0.4, -0.2) is 29.4 Å². The van der Waals surface area contributed by atoms with E-state index in [-0.39, 0.29) is 31.9 Å². The molecule has 0 spiro atoms. The maximum atomic E-state index is 11.3. The Labute approximate surface area is 93.4 Å². The number of aliphatic hydroxyl groups is 1. The molecular formula is C10H22NO3P. The van der Waals surface area contributed by atoms with Crippen LogP contribution in [0.15, 0.2) is 0 Å². The van der Waals surface area contributed by atoms with E-state index in [9.17, 15) is 9.90 Å². The minimum absolute atomic E-state index is 0.0772. The number of rotatable bonds is 6. The second-order valence-electron chi connectivity index (χ2n) is 4.71. The standard InChI is InChI=1S/C10H22NO3P/c1-7(12)5-10(3,4)6-14-9(13)8(2)15-11/h7-8,12,15H,5-6,11H2,1-4H3. The highest BCUT2D eigenvalue weighted by molar-refractivity contribution is 7.37. The van der Waals surface area contributed by atoms with Gasteiger partial charge in [-0.15, -0.1) is 0 Å². The fourth-order valence-electron chi connectivity index (χ4n) is 1.32. The molecule has 0 fully saturated rings. The number of carbonyl (C=O) groups is 1. The molecule has 4 nitrogen and oxygen atoms in total. The molecule has 0 saturated carbocycles. The SMILES string of the molecule is CC(O)CC(C)(C)COC(=O)C(C)PN. The van der Waals surface area contributed by atoms with Crippen LogP contribution >= 0.6 is 8.73 Å². The van der Waals surface area contributed by atoms with Crippen molar-refractivity contribution < 1.29 is 14.6 Å². The van der Waals surface area contributed by atoms with Crippen LogP contribution in [0.2, 0.25) is 0 Å². The zero-order chi connectivity index (χ0) is 12.1. The number of hydrogen-bond acceptors (Lipinski definition) is 4. The molecule has 0 saturated heterocycles. The Kier molecular flexibility index (Phi) is 6.34. The van der Waals surface area contributed by atoms with Gasteiger partial charge in [-0.25, -0.2) is 0 Å². The lowest BCUT2D eigenvalue weighted by molar-refractivity contribution is -0.146. The Morgan fingerprint density at radius 2 is 2.07 bits per heavy atom. The Bertz CT molecular complexity index is 207. The van der Waals surface area contributed by atoms with Gasteiger partial charge in [-0.05, 0) is 29.0 Å². The van der Waals surface area contributed by atoms with Gasteiger partial charge in [-0.1, -0.05) is 13.8 Å². The first-order valence-corrected chi connectivity index (χ1v) is 6.25. The van der Waals surface area contributed by atoms with Gasteiger partial charge in [-0.2, -0.15) is 0 Å². The van der Waals surface area contributed by atoms with Crippen molar-refractivity contribution in [1.29, 1.82) is 0 Å². The molecular weight excluding hydrogens is 213 g/mol. The van der Waals surface area contributed by atoms with Gasteiger partial charge in [0.1, 0.15) is 0 Å². The summed E-state index contributed by atoms with van der Waals surface area (Å²) >= 11 is 0. The van der Waals surface area contributed by atoms with Crippen molar-refractivity contribution in [3.63, 3.8) is 0 Å². The Balaban J connectivity index is 3.98. The number of hydrogen-bond donors (Lipinski definition) is 2. The third-order valence-corrected chi connectivity index (χ3v) is 2.79. The summed E-state index contributed by atoms with van der Waals surface area (Å²) in [6.45, 7) is 7.73. The molecule has 0 heterocycles. The Morgan fingerprint density at radius 3 is 2.47 bits per heavy atom.